The van der Waals surface area contributed by atoms with E-state index in [1.54, 1.807) is 7.11 Å². The second-order valence-electron chi connectivity index (χ2n) is 8.23. The number of ether oxygens (including phenoxy) is 1. The van der Waals surface area contributed by atoms with E-state index < -0.39 is 0 Å². The average Bonchev–Trinajstić information content (AvgIpc) is 2.75. The number of carbonyl (C=O) groups excluding carboxylic acids is 1. The Morgan fingerprint density at radius 1 is 1.03 bits per heavy atom. The first-order valence-corrected chi connectivity index (χ1v) is 10.4. The number of aromatic nitrogens is 1. The van der Waals surface area contributed by atoms with Crippen molar-refractivity contribution >= 4 is 5.91 Å². The van der Waals surface area contributed by atoms with Crippen molar-refractivity contribution in [1.29, 1.82) is 0 Å². The Bertz CT molecular complexity index is 1100. The van der Waals surface area contributed by atoms with E-state index in [0.29, 0.717) is 12.4 Å². The maximum atomic E-state index is 13.2. The van der Waals surface area contributed by atoms with Crippen LogP contribution in [0.4, 0.5) is 0 Å². The van der Waals surface area contributed by atoms with Crippen LogP contribution in [0.1, 0.15) is 49.3 Å². The first-order valence-electron chi connectivity index (χ1n) is 10.4. The normalized spacial score (nSPS) is 13.1. The van der Waals surface area contributed by atoms with Gasteiger partial charge in [0.25, 0.3) is 5.91 Å². The van der Waals surface area contributed by atoms with E-state index in [-0.39, 0.29) is 5.91 Å². The minimum atomic E-state index is 0.127. The molecule has 1 aromatic heterocycles. The summed E-state index contributed by atoms with van der Waals surface area (Å²) in [5, 5.41) is 0. The SMILES string of the molecule is COc1cc(C)c(Cc2ccc3c(c2)CN(C(=O)c2cc(C)ccc2C)CC3)cn1. The number of amides is 1. The molecule has 0 spiro atoms. The van der Waals surface area contributed by atoms with Crippen molar-refractivity contribution in [3.63, 3.8) is 0 Å². The fourth-order valence-corrected chi connectivity index (χ4v) is 4.11. The van der Waals surface area contributed by atoms with Crippen molar-refractivity contribution in [3.8, 4) is 5.88 Å². The fourth-order valence-electron chi connectivity index (χ4n) is 4.11. The second kappa shape index (κ2) is 8.31. The van der Waals surface area contributed by atoms with E-state index in [4.69, 9.17) is 4.74 Å². The van der Waals surface area contributed by atoms with E-state index in [0.717, 1.165) is 36.1 Å². The van der Waals surface area contributed by atoms with Crippen LogP contribution >= 0.6 is 0 Å². The van der Waals surface area contributed by atoms with Crippen LogP contribution in [-0.2, 0) is 19.4 Å². The molecule has 0 radical (unpaired) electrons. The molecule has 2 heterocycles. The minimum absolute atomic E-state index is 0.127. The molecule has 4 heteroatoms. The summed E-state index contributed by atoms with van der Waals surface area (Å²) >= 11 is 0. The van der Waals surface area contributed by atoms with Gasteiger partial charge in [-0.2, -0.15) is 0 Å². The van der Waals surface area contributed by atoms with E-state index in [1.807, 2.05) is 43.1 Å². The summed E-state index contributed by atoms with van der Waals surface area (Å²) in [6, 6.07) is 14.7. The van der Waals surface area contributed by atoms with Crippen LogP contribution in [0.2, 0.25) is 0 Å². The summed E-state index contributed by atoms with van der Waals surface area (Å²) in [6.45, 7) is 7.55. The number of benzene rings is 2. The molecule has 0 N–H and O–H groups in total. The summed E-state index contributed by atoms with van der Waals surface area (Å²) in [7, 11) is 1.64. The van der Waals surface area contributed by atoms with Gasteiger partial charge in [-0.15, -0.1) is 0 Å². The summed E-state index contributed by atoms with van der Waals surface area (Å²) in [4.78, 5) is 19.5. The molecular formula is C26H28N2O2. The molecule has 0 aliphatic carbocycles. The van der Waals surface area contributed by atoms with Gasteiger partial charge in [0, 0.05) is 30.9 Å². The van der Waals surface area contributed by atoms with Crippen molar-refractivity contribution < 1.29 is 9.53 Å². The van der Waals surface area contributed by atoms with Crippen LogP contribution in [0.15, 0.2) is 48.7 Å². The van der Waals surface area contributed by atoms with E-state index in [1.165, 1.54) is 27.8 Å². The highest BCUT2D eigenvalue weighted by atomic mass is 16.5. The Morgan fingerprint density at radius 2 is 1.87 bits per heavy atom. The molecular weight excluding hydrogens is 372 g/mol. The fraction of sp³-hybridized carbons (Fsp3) is 0.308. The monoisotopic (exact) mass is 400 g/mol. The van der Waals surface area contributed by atoms with Crippen LogP contribution in [0.25, 0.3) is 0 Å². The van der Waals surface area contributed by atoms with Crippen molar-refractivity contribution in [2.45, 2.75) is 40.2 Å². The Labute approximate surface area is 178 Å². The number of methoxy groups -OCH3 is 1. The molecule has 0 unspecified atom stereocenters. The first-order chi connectivity index (χ1) is 14.4. The molecule has 3 aromatic rings. The van der Waals surface area contributed by atoms with Crippen molar-refractivity contribution in [2.24, 2.45) is 0 Å². The highest BCUT2D eigenvalue weighted by molar-refractivity contribution is 5.96. The quantitative estimate of drug-likeness (QED) is 0.631. The van der Waals surface area contributed by atoms with Crippen LogP contribution in [0, 0.1) is 20.8 Å². The van der Waals surface area contributed by atoms with Gasteiger partial charge < -0.3 is 9.64 Å². The zero-order valence-corrected chi connectivity index (χ0v) is 18.2. The molecule has 1 aliphatic heterocycles. The zero-order chi connectivity index (χ0) is 21.3. The number of aryl methyl sites for hydroxylation is 3. The van der Waals surface area contributed by atoms with Crippen molar-refractivity contribution in [2.75, 3.05) is 13.7 Å². The van der Waals surface area contributed by atoms with Gasteiger partial charge in [-0.25, -0.2) is 4.98 Å². The Hall–Kier alpha value is -3.14. The lowest BCUT2D eigenvalue weighted by atomic mass is 9.93. The van der Waals surface area contributed by atoms with Crippen LogP contribution in [0.3, 0.4) is 0 Å². The summed E-state index contributed by atoms with van der Waals surface area (Å²) in [5.41, 5.74) is 9.16. The van der Waals surface area contributed by atoms with Gasteiger partial charge in [0.05, 0.1) is 7.11 Å². The largest absolute Gasteiger partial charge is 0.481 e. The summed E-state index contributed by atoms with van der Waals surface area (Å²) in [6.07, 6.45) is 3.61. The van der Waals surface area contributed by atoms with Gasteiger partial charge in [0.15, 0.2) is 0 Å². The van der Waals surface area contributed by atoms with Crippen LogP contribution < -0.4 is 4.74 Å². The molecule has 0 fully saturated rings. The third-order valence-electron chi connectivity index (χ3n) is 5.99. The number of hydrogen-bond acceptors (Lipinski definition) is 3. The zero-order valence-electron chi connectivity index (χ0n) is 18.2. The molecule has 0 saturated heterocycles. The lowest BCUT2D eigenvalue weighted by molar-refractivity contribution is 0.0734. The maximum Gasteiger partial charge on any atom is 0.254 e. The lowest BCUT2D eigenvalue weighted by Gasteiger charge is -2.30. The average molecular weight is 401 g/mol. The van der Waals surface area contributed by atoms with Gasteiger partial charge in [-0.1, -0.05) is 35.9 Å². The number of fused-ring (bicyclic) bond motifs is 1. The van der Waals surface area contributed by atoms with Gasteiger partial charge in [0.2, 0.25) is 5.88 Å². The number of nitrogens with zero attached hydrogens (tertiary/aromatic N) is 2. The molecule has 30 heavy (non-hydrogen) atoms. The minimum Gasteiger partial charge on any atom is -0.481 e. The molecule has 0 saturated carbocycles. The third-order valence-corrected chi connectivity index (χ3v) is 5.99. The molecule has 1 amide bonds. The number of hydrogen-bond donors (Lipinski definition) is 0. The molecule has 1 aliphatic rings. The van der Waals surface area contributed by atoms with Gasteiger partial charge in [0.1, 0.15) is 0 Å². The number of carbonyl (C=O) groups is 1. The number of rotatable bonds is 4. The predicted molar refractivity (Wildman–Crippen MR) is 119 cm³/mol. The highest BCUT2D eigenvalue weighted by Crippen LogP contribution is 2.25. The smallest absolute Gasteiger partial charge is 0.254 e. The second-order valence-corrected chi connectivity index (χ2v) is 8.23. The Kier molecular flexibility index (Phi) is 5.58. The van der Waals surface area contributed by atoms with E-state index >= 15 is 0 Å². The Balaban J connectivity index is 1.55. The van der Waals surface area contributed by atoms with E-state index in [9.17, 15) is 4.79 Å². The first kappa shape index (κ1) is 20.1. The third kappa shape index (κ3) is 4.09. The Morgan fingerprint density at radius 3 is 2.63 bits per heavy atom. The molecule has 154 valence electrons. The van der Waals surface area contributed by atoms with Crippen molar-refractivity contribution in [3.05, 3.63) is 93.2 Å². The van der Waals surface area contributed by atoms with Crippen LogP contribution in [0.5, 0.6) is 5.88 Å². The number of pyridine rings is 1. The summed E-state index contributed by atoms with van der Waals surface area (Å²) < 4.78 is 5.21. The predicted octanol–water partition coefficient (Wildman–Crippen LogP) is 4.80. The maximum absolute atomic E-state index is 13.2. The molecule has 0 atom stereocenters. The molecule has 0 bridgehead atoms. The van der Waals surface area contributed by atoms with E-state index in [2.05, 4.69) is 36.2 Å². The van der Waals surface area contributed by atoms with Gasteiger partial charge >= 0.3 is 0 Å². The molecule has 4 rings (SSSR count). The molecule has 4 nitrogen and oxygen atoms in total. The molecule has 2 aromatic carbocycles. The lowest BCUT2D eigenvalue weighted by Crippen LogP contribution is -2.36. The highest BCUT2D eigenvalue weighted by Gasteiger charge is 2.23. The van der Waals surface area contributed by atoms with Gasteiger partial charge in [-0.05, 0) is 73.1 Å². The standard InChI is InChI=1S/C26H28N2O2/c1-17-5-6-18(2)24(11-17)26(29)28-10-9-21-8-7-20(14-23(21)16-28)13-22-15-27-25(30-4)12-19(22)3/h5-8,11-12,14-15H,9-10,13,16H2,1-4H3. The van der Waals surface area contributed by atoms with Crippen molar-refractivity contribution in [1.82, 2.24) is 9.88 Å². The topological polar surface area (TPSA) is 42.4 Å². The van der Waals surface area contributed by atoms with Crippen LogP contribution in [-0.4, -0.2) is 29.4 Å². The summed E-state index contributed by atoms with van der Waals surface area (Å²) in [5.74, 6) is 0.768. The van der Waals surface area contributed by atoms with Gasteiger partial charge in [-0.3, -0.25) is 4.79 Å².